The van der Waals surface area contributed by atoms with Gasteiger partial charge in [-0.2, -0.15) is 0 Å². The van der Waals surface area contributed by atoms with E-state index in [0.717, 1.165) is 16.8 Å². The molecule has 0 aliphatic rings. The molecule has 33 heavy (non-hydrogen) atoms. The Kier molecular flexibility index (Phi) is 6.79. The monoisotopic (exact) mass is 497 g/mol. The second kappa shape index (κ2) is 9.59. The Morgan fingerprint density at radius 3 is 2.58 bits per heavy atom. The Morgan fingerprint density at radius 2 is 1.82 bits per heavy atom. The average molecular weight is 498 g/mol. The number of fused-ring (bicyclic) bond motifs is 1. The summed E-state index contributed by atoms with van der Waals surface area (Å²) >= 11 is 13.4. The van der Waals surface area contributed by atoms with Gasteiger partial charge in [0, 0.05) is 5.02 Å². The third kappa shape index (κ3) is 4.78. The topological polar surface area (TPSA) is 64.0 Å². The number of para-hydroxylation sites is 1. The van der Waals surface area contributed by atoms with Crippen molar-refractivity contribution in [2.24, 2.45) is 0 Å². The van der Waals surface area contributed by atoms with Crippen LogP contribution in [0, 0.1) is 13.8 Å². The first-order chi connectivity index (χ1) is 15.8. The lowest BCUT2D eigenvalue weighted by Crippen LogP contribution is -2.26. The van der Waals surface area contributed by atoms with E-state index in [4.69, 9.17) is 28.2 Å². The number of nitrogens with zero attached hydrogens (tertiary/aromatic N) is 2. The third-order valence-corrected chi connectivity index (χ3v) is 7.00. The van der Waals surface area contributed by atoms with Gasteiger partial charge in [-0.25, -0.2) is 4.98 Å². The summed E-state index contributed by atoms with van der Waals surface area (Å²) in [6.07, 6.45) is 0. The van der Waals surface area contributed by atoms with E-state index in [1.54, 1.807) is 41.8 Å². The SMILES string of the molecule is Cc1cccc(-n2c(SC(C)C(=O)Nc3ccc(Cl)cc3Cl)nc3ccccc3c2=O)c1C. The fraction of sp³-hybridized carbons (Fsp3) is 0.160. The maximum absolute atomic E-state index is 13.5. The molecular formula is C25H21Cl2N3O2S. The van der Waals surface area contributed by atoms with Crippen molar-refractivity contribution in [3.8, 4) is 5.69 Å². The Balaban J connectivity index is 1.75. The highest BCUT2D eigenvalue weighted by Gasteiger charge is 2.22. The van der Waals surface area contributed by atoms with Gasteiger partial charge < -0.3 is 5.32 Å². The summed E-state index contributed by atoms with van der Waals surface area (Å²) in [5, 5.41) is 4.07. The van der Waals surface area contributed by atoms with Gasteiger partial charge in [-0.15, -0.1) is 0 Å². The van der Waals surface area contributed by atoms with E-state index in [0.29, 0.717) is 31.8 Å². The van der Waals surface area contributed by atoms with Crippen LogP contribution in [0.1, 0.15) is 18.1 Å². The molecule has 4 aromatic rings. The van der Waals surface area contributed by atoms with Crippen LogP contribution in [-0.2, 0) is 4.79 Å². The molecule has 0 aliphatic heterocycles. The van der Waals surface area contributed by atoms with Crippen LogP contribution < -0.4 is 10.9 Å². The Bertz CT molecular complexity index is 1440. The molecule has 8 heteroatoms. The molecule has 0 saturated heterocycles. The molecule has 3 aromatic carbocycles. The summed E-state index contributed by atoms with van der Waals surface area (Å²) < 4.78 is 1.59. The molecule has 1 amide bonds. The molecule has 0 radical (unpaired) electrons. The first-order valence-corrected chi connectivity index (χ1v) is 11.9. The number of anilines is 1. The number of aromatic nitrogens is 2. The minimum absolute atomic E-state index is 0.176. The molecule has 0 aliphatic carbocycles. The van der Waals surface area contributed by atoms with E-state index in [2.05, 4.69) is 5.32 Å². The second-order valence-electron chi connectivity index (χ2n) is 7.64. The van der Waals surface area contributed by atoms with Gasteiger partial charge >= 0.3 is 0 Å². The minimum atomic E-state index is -0.554. The standard InChI is InChI=1S/C25H21Cl2N3O2S/c1-14-7-6-10-22(15(14)2)30-24(32)18-8-4-5-9-20(18)29-25(30)33-16(3)23(31)28-21-12-11-17(26)13-19(21)27/h4-13,16H,1-3H3,(H,28,31). The molecule has 0 spiro atoms. The molecule has 1 unspecified atom stereocenters. The summed E-state index contributed by atoms with van der Waals surface area (Å²) in [5.41, 5.74) is 3.66. The molecular weight excluding hydrogens is 477 g/mol. The van der Waals surface area contributed by atoms with Crippen molar-refractivity contribution < 1.29 is 4.79 Å². The van der Waals surface area contributed by atoms with E-state index in [1.165, 1.54) is 11.8 Å². The van der Waals surface area contributed by atoms with E-state index < -0.39 is 5.25 Å². The Labute approximate surface area is 205 Å². The molecule has 0 saturated carbocycles. The fourth-order valence-corrected chi connectivity index (χ4v) is 4.79. The lowest BCUT2D eigenvalue weighted by Gasteiger charge is -2.18. The van der Waals surface area contributed by atoms with Crippen molar-refractivity contribution in [1.82, 2.24) is 9.55 Å². The predicted molar refractivity (Wildman–Crippen MR) is 137 cm³/mol. The van der Waals surface area contributed by atoms with Crippen LogP contribution in [0.25, 0.3) is 16.6 Å². The molecule has 1 heterocycles. The van der Waals surface area contributed by atoms with E-state index in [-0.39, 0.29) is 11.5 Å². The van der Waals surface area contributed by atoms with Crippen molar-refractivity contribution in [2.75, 3.05) is 5.32 Å². The first-order valence-electron chi connectivity index (χ1n) is 10.3. The number of benzene rings is 3. The van der Waals surface area contributed by atoms with Crippen molar-refractivity contribution in [2.45, 2.75) is 31.2 Å². The van der Waals surface area contributed by atoms with Crippen molar-refractivity contribution in [3.05, 3.63) is 92.2 Å². The average Bonchev–Trinajstić information content (AvgIpc) is 2.78. The fourth-order valence-electron chi connectivity index (χ4n) is 3.42. The van der Waals surface area contributed by atoms with Gasteiger partial charge in [0.1, 0.15) is 0 Å². The van der Waals surface area contributed by atoms with Crippen LogP contribution in [-0.4, -0.2) is 20.7 Å². The molecule has 5 nitrogen and oxygen atoms in total. The highest BCUT2D eigenvalue weighted by Crippen LogP contribution is 2.29. The van der Waals surface area contributed by atoms with Gasteiger partial charge in [0.15, 0.2) is 5.16 Å². The maximum Gasteiger partial charge on any atom is 0.266 e. The summed E-state index contributed by atoms with van der Waals surface area (Å²) in [7, 11) is 0. The summed E-state index contributed by atoms with van der Waals surface area (Å²) in [4.78, 5) is 31.2. The quantitative estimate of drug-likeness (QED) is 0.255. The molecule has 1 atom stereocenters. The zero-order valence-electron chi connectivity index (χ0n) is 18.2. The van der Waals surface area contributed by atoms with Gasteiger partial charge in [-0.05, 0) is 68.3 Å². The lowest BCUT2D eigenvalue weighted by atomic mass is 10.1. The van der Waals surface area contributed by atoms with Crippen LogP contribution >= 0.6 is 35.0 Å². The zero-order chi connectivity index (χ0) is 23.7. The molecule has 1 aromatic heterocycles. The van der Waals surface area contributed by atoms with Gasteiger partial charge in [0.05, 0.1) is 32.6 Å². The number of carbonyl (C=O) groups is 1. The number of aryl methyl sites for hydroxylation is 1. The predicted octanol–water partition coefficient (Wildman–Crippen LogP) is 6.43. The number of hydrogen-bond donors (Lipinski definition) is 1. The second-order valence-corrected chi connectivity index (χ2v) is 9.80. The minimum Gasteiger partial charge on any atom is -0.324 e. The normalized spacial score (nSPS) is 12.0. The van der Waals surface area contributed by atoms with Crippen molar-refractivity contribution >= 4 is 57.5 Å². The molecule has 1 N–H and O–H groups in total. The number of rotatable bonds is 5. The summed E-state index contributed by atoms with van der Waals surface area (Å²) in [5.74, 6) is -0.265. The van der Waals surface area contributed by atoms with Gasteiger partial charge in [0.25, 0.3) is 5.56 Å². The highest BCUT2D eigenvalue weighted by atomic mass is 35.5. The molecule has 0 fully saturated rings. The van der Waals surface area contributed by atoms with Crippen LogP contribution in [0.3, 0.4) is 0 Å². The smallest absolute Gasteiger partial charge is 0.266 e. The number of amides is 1. The summed E-state index contributed by atoms with van der Waals surface area (Å²) in [6, 6.07) is 17.9. The van der Waals surface area contributed by atoms with E-state index in [1.807, 2.05) is 44.2 Å². The van der Waals surface area contributed by atoms with Gasteiger partial charge in [-0.1, -0.05) is 59.2 Å². The van der Waals surface area contributed by atoms with E-state index >= 15 is 0 Å². The van der Waals surface area contributed by atoms with Crippen LogP contribution in [0.15, 0.2) is 70.6 Å². The number of halogens is 2. The zero-order valence-corrected chi connectivity index (χ0v) is 20.6. The molecule has 168 valence electrons. The number of carbonyl (C=O) groups excluding carboxylic acids is 1. The number of thioether (sulfide) groups is 1. The highest BCUT2D eigenvalue weighted by molar-refractivity contribution is 8.00. The van der Waals surface area contributed by atoms with Gasteiger partial charge in [0.2, 0.25) is 5.91 Å². The van der Waals surface area contributed by atoms with Gasteiger partial charge in [-0.3, -0.25) is 14.2 Å². The number of nitrogens with one attached hydrogen (secondary N) is 1. The largest absolute Gasteiger partial charge is 0.324 e. The van der Waals surface area contributed by atoms with Crippen LogP contribution in [0.5, 0.6) is 0 Å². The van der Waals surface area contributed by atoms with Crippen LogP contribution in [0.4, 0.5) is 5.69 Å². The van der Waals surface area contributed by atoms with Crippen LogP contribution in [0.2, 0.25) is 10.0 Å². The lowest BCUT2D eigenvalue weighted by molar-refractivity contribution is -0.115. The Morgan fingerprint density at radius 1 is 1.06 bits per heavy atom. The van der Waals surface area contributed by atoms with E-state index in [9.17, 15) is 9.59 Å². The Hall–Kier alpha value is -2.80. The van der Waals surface area contributed by atoms with Crippen molar-refractivity contribution in [1.29, 1.82) is 0 Å². The third-order valence-electron chi connectivity index (χ3n) is 5.40. The summed E-state index contributed by atoms with van der Waals surface area (Å²) in [6.45, 7) is 5.73. The molecule has 0 bridgehead atoms. The van der Waals surface area contributed by atoms with Crippen molar-refractivity contribution in [3.63, 3.8) is 0 Å². The molecule has 4 rings (SSSR count). The first kappa shape index (κ1) is 23.4. The maximum atomic E-state index is 13.5. The number of hydrogen-bond acceptors (Lipinski definition) is 4.